The lowest BCUT2D eigenvalue weighted by Gasteiger charge is -2.21. The molecular weight excluding hydrogens is 274 g/mol. The van der Waals surface area contributed by atoms with Gasteiger partial charge in [-0.25, -0.2) is 4.68 Å². The average molecular weight is 291 g/mol. The third-order valence-electron chi connectivity index (χ3n) is 3.28. The summed E-state index contributed by atoms with van der Waals surface area (Å²) in [5.74, 6) is 7.58. The third kappa shape index (κ3) is 2.94. The fraction of sp³-hybridized carbons (Fsp3) is 0.462. The van der Waals surface area contributed by atoms with Crippen LogP contribution in [0.3, 0.4) is 0 Å². The van der Waals surface area contributed by atoms with Crippen molar-refractivity contribution in [2.24, 2.45) is 0 Å². The molecular formula is C13H17N5OS. The van der Waals surface area contributed by atoms with E-state index in [0.717, 1.165) is 24.3 Å². The highest BCUT2D eigenvalue weighted by molar-refractivity contribution is 7.99. The minimum atomic E-state index is 0.301. The molecule has 2 N–H and O–H groups in total. The Morgan fingerprint density at radius 1 is 1.30 bits per heavy atom. The van der Waals surface area contributed by atoms with Crippen LogP contribution >= 0.6 is 11.8 Å². The van der Waals surface area contributed by atoms with Gasteiger partial charge < -0.3 is 10.6 Å². The van der Waals surface area contributed by atoms with Gasteiger partial charge in [0, 0.05) is 30.3 Å². The van der Waals surface area contributed by atoms with E-state index in [4.69, 9.17) is 10.6 Å². The highest BCUT2D eigenvalue weighted by Crippen LogP contribution is 2.24. The summed E-state index contributed by atoms with van der Waals surface area (Å²) in [6, 6.07) is 3.73. The lowest BCUT2D eigenvalue weighted by Crippen LogP contribution is -2.22. The van der Waals surface area contributed by atoms with E-state index in [-0.39, 0.29) is 0 Å². The molecule has 1 atom stereocenters. The number of aromatic nitrogens is 4. The van der Waals surface area contributed by atoms with Crippen molar-refractivity contribution in [1.82, 2.24) is 19.9 Å². The first-order chi connectivity index (χ1) is 9.84. The van der Waals surface area contributed by atoms with Crippen LogP contribution in [0.25, 0.3) is 11.4 Å². The van der Waals surface area contributed by atoms with Gasteiger partial charge in [-0.2, -0.15) is 0 Å². The summed E-state index contributed by atoms with van der Waals surface area (Å²) < 4.78 is 7.23. The van der Waals surface area contributed by atoms with Gasteiger partial charge in [-0.1, -0.05) is 11.8 Å². The minimum absolute atomic E-state index is 0.301. The van der Waals surface area contributed by atoms with E-state index in [0.29, 0.717) is 17.1 Å². The van der Waals surface area contributed by atoms with E-state index < -0.39 is 0 Å². The van der Waals surface area contributed by atoms with Crippen LogP contribution in [0.15, 0.2) is 29.7 Å². The second-order valence-electron chi connectivity index (χ2n) is 4.71. The zero-order chi connectivity index (χ0) is 13.8. The van der Waals surface area contributed by atoms with Crippen molar-refractivity contribution in [2.45, 2.75) is 30.5 Å². The Morgan fingerprint density at radius 3 is 2.90 bits per heavy atom. The maximum absolute atomic E-state index is 6.06. The van der Waals surface area contributed by atoms with E-state index in [1.165, 1.54) is 17.5 Å². The lowest BCUT2D eigenvalue weighted by atomic mass is 10.1. The van der Waals surface area contributed by atoms with Gasteiger partial charge in [0.2, 0.25) is 5.16 Å². The Bertz CT molecular complexity index is 553. The number of nitrogens with two attached hydrogens (primary N) is 1. The molecule has 0 spiro atoms. The molecule has 0 saturated carbocycles. The maximum atomic E-state index is 6.06. The van der Waals surface area contributed by atoms with E-state index in [9.17, 15) is 0 Å². The zero-order valence-corrected chi connectivity index (χ0v) is 11.9. The summed E-state index contributed by atoms with van der Waals surface area (Å²) in [6.45, 7) is 0.864. The van der Waals surface area contributed by atoms with Crippen LogP contribution < -0.4 is 5.84 Å². The number of hydrogen-bond donors (Lipinski definition) is 1. The number of pyridine rings is 1. The Morgan fingerprint density at radius 2 is 2.15 bits per heavy atom. The molecule has 1 aliphatic heterocycles. The first-order valence-electron chi connectivity index (χ1n) is 6.70. The first-order valence-corrected chi connectivity index (χ1v) is 7.68. The number of rotatable bonds is 4. The van der Waals surface area contributed by atoms with E-state index in [1.807, 2.05) is 12.1 Å². The highest BCUT2D eigenvalue weighted by Gasteiger charge is 2.17. The Labute approximate surface area is 121 Å². The van der Waals surface area contributed by atoms with Crippen LogP contribution in [0, 0.1) is 0 Å². The third-order valence-corrected chi connectivity index (χ3v) is 4.35. The van der Waals surface area contributed by atoms with Crippen LogP contribution in [-0.4, -0.2) is 38.3 Å². The molecule has 2 aromatic heterocycles. The van der Waals surface area contributed by atoms with E-state index in [2.05, 4.69) is 15.2 Å². The van der Waals surface area contributed by atoms with Crippen molar-refractivity contribution in [1.29, 1.82) is 0 Å². The van der Waals surface area contributed by atoms with Gasteiger partial charge >= 0.3 is 0 Å². The molecule has 3 rings (SSSR count). The summed E-state index contributed by atoms with van der Waals surface area (Å²) in [4.78, 5) is 3.98. The van der Waals surface area contributed by atoms with Crippen molar-refractivity contribution in [3.05, 3.63) is 24.5 Å². The fourth-order valence-corrected chi connectivity index (χ4v) is 3.10. The van der Waals surface area contributed by atoms with Gasteiger partial charge in [-0.05, 0) is 31.4 Å². The van der Waals surface area contributed by atoms with Gasteiger partial charge in [0.25, 0.3) is 0 Å². The molecule has 0 unspecified atom stereocenters. The van der Waals surface area contributed by atoms with E-state index >= 15 is 0 Å². The smallest absolute Gasteiger partial charge is 0.210 e. The highest BCUT2D eigenvalue weighted by atomic mass is 32.2. The normalized spacial score (nSPS) is 19.1. The molecule has 7 heteroatoms. The largest absolute Gasteiger partial charge is 0.377 e. The standard InChI is InChI=1S/C13H17N5OS/c14-18-12(10-4-6-15-7-5-10)16-17-13(18)20-9-11-3-1-2-8-19-11/h4-7,11H,1-3,8-9,14H2/t11-/m0/s1. The SMILES string of the molecule is Nn1c(SC[C@@H]2CCCCO2)nnc1-c1ccncc1. The van der Waals surface area contributed by atoms with Crippen molar-refractivity contribution in [3.8, 4) is 11.4 Å². The summed E-state index contributed by atoms with van der Waals surface area (Å²) >= 11 is 1.59. The van der Waals surface area contributed by atoms with E-state index in [1.54, 1.807) is 24.2 Å². The predicted octanol–water partition coefficient (Wildman–Crippen LogP) is 1.72. The fourth-order valence-electron chi connectivity index (χ4n) is 2.18. The van der Waals surface area contributed by atoms with Crippen molar-refractivity contribution >= 4 is 11.8 Å². The molecule has 0 bridgehead atoms. The average Bonchev–Trinajstić information content (AvgIpc) is 2.88. The van der Waals surface area contributed by atoms with Gasteiger partial charge in [0.05, 0.1) is 6.10 Å². The van der Waals surface area contributed by atoms with Crippen molar-refractivity contribution in [3.63, 3.8) is 0 Å². The zero-order valence-electron chi connectivity index (χ0n) is 11.1. The van der Waals surface area contributed by atoms with Crippen molar-refractivity contribution < 1.29 is 4.74 Å². The van der Waals surface area contributed by atoms with Crippen LogP contribution in [0.2, 0.25) is 0 Å². The number of thioether (sulfide) groups is 1. The molecule has 3 heterocycles. The molecule has 6 nitrogen and oxygen atoms in total. The summed E-state index contributed by atoms with van der Waals surface area (Å²) in [5, 5.41) is 9.01. The summed E-state index contributed by atoms with van der Waals surface area (Å²) in [7, 11) is 0. The summed E-state index contributed by atoms with van der Waals surface area (Å²) in [6.07, 6.45) is 7.25. The van der Waals surface area contributed by atoms with Gasteiger partial charge in [-0.15, -0.1) is 10.2 Å². The van der Waals surface area contributed by atoms with Crippen LogP contribution in [0.4, 0.5) is 0 Å². The van der Waals surface area contributed by atoms with Crippen LogP contribution in [0.1, 0.15) is 19.3 Å². The van der Waals surface area contributed by atoms with Crippen LogP contribution in [0.5, 0.6) is 0 Å². The second kappa shape index (κ2) is 6.23. The monoisotopic (exact) mass is 291 g/mol. The molecule has 106 valence electrons. The van der Waals surface area contributed by atoms with Crippen molar-refractivity contribution in [2.75, 3.05) is 18.2 Å². The van der Waals surface area contributed by atoms with Crippen LogP contribution in [-0.2, 0) is 4.74 Å². The Balaban J connectivity index is 1.67. The quantitative estimate of drug-likeness (QED) is 0.682. The lowest BCUT2D eigenvalue weighted by molar-refractivity contribution is 0.0315. The Hall–Kier alpha value is -1.60. The number of nitrogen functional groups attached to an aromatic ring is 1. The van der Waals surface area contributed by atoms with Gasteiger partial charge in [0.15, 0.2) is 5.82 Å². The maximum Gasteiger partial charge on any atom is 0.210 e. The second-order valence-corrected chi connectivity index (χ2v) is 5.70. The molecule has 2 aromatic rings. The predicted molar refractivity (Wildman–Crippen MR) is 77.7 cm³/mol. The molecule has 0 aromatic carbocycles. The first kappa shape index (κ1) is 13.4. The number of hydrogen-bond acceptors (Lipinski definition) is 6. The van der Waals surface area contributed by atoms with Gasteiger partial charge in [0.1, 0.15) is 0 Å². The molecule has 1 fully saturated rings. The Kier molecular flexibility index (Phi) is 4.17. The molecule has 20 heavy (non-hydrogen) atoms. The molecule has 0 radical (unpaired) electrons. The molecule has 1 aliphatic rings. The number of nitrogens with zero attached hydrogens (tertiary/aromatic N) is 4. The molecule has 1 saturated heterocycles. The summed E-state index contributed by atoms with van der Waals surface area (Å²) in [5.41, 5.74) is 0.913. The number of ether oxygens (including phenoxy) is 1. The topological polar surface area (TPSA) is 78.9 Å². The van der Waals surface area contributed by atoms with Gasteiger partial charge in [-0.3, -0.25) is 4.98 Å². The molecule has 0 amide bonds. The minimum Gasteiger partial charge on any atom is -0.377 e. The molecule has 0 aliphatic carbocycles.